The van der Waals surface area contributed by atoms with Gasteiger partial charge in [-0.25, -0.2) is 10.4 Å². The largest absolute Gasteiger partial charge is 0.391 e. The number of ketones is 1. The highest BCUT2D eigenvalue weighted by Crippen LogP contribution is 2.39. The lowest BCUT2D eigenvalue weighted by Crippen LogP contribution is -2.80. The molecule has 5 aliphatic heterocycles. The second kappa shape index (κ2) is 17.0. The number of nitrogens with one attached hydrogen (secondary N) is 7. The highest BCUT2D eigenvalue weighted by Gasteiger charge is 2.53. The van der Waals surface area contributed by atoms with Crippen molar-refractivity contribution in [3.8, 4) is 0 Å². The fourth-order valence-corrected chi connectivity index (χ4v) is 9.38. The van der Waals surface area contributed by atoms with Crippen LogP contribution in [0, 0.1) is 5.92 Å². The van der Waals surface area contributed by atoms with Gasteiger partial charge in [-0.1, -0.05) is 6.92 Å². The van der Waals surface area contributed by atoms with Gasteiger partial charge in [0, 0.05) is 83.7 Å². The molecule has 6 fully saturated rings. The van der Waals surface area contributed by atoms with E-state index in [2.05, 4.69) is 42.2 Å². The predicted molar refractivity (Wildman–Crippen MR) is 188 cm³/mol. The monoisotopic (exact) mass is 763 g/mol. The van der Waals surface area contributed by atoms with Gasteiger partial charge < -0.3 is 15.3 Å². The van der Waals surface area contributed by atoms with Crippen LogP contribution < -0.4 is 37.3 Å². The van der Waals surface area contributed by atoms with Gasteiger partial charge >= 0.3 is 6.18 Å². The molecule has 12 unspecified atom stereocenters. The summed E-state index contributed by atoms with van der Waals surface area (Å²) < 4.78 is 40.1. The van der Waals surface area contributed by atoms with Gasteiger partial charge in [-0.05, 0) is 39.0 Å². The van der Waals surface area contributed by atoms with Gasteiger partial charge in [0.25, 0.3) is 0 Å². The zero-order valence-corrected chi connectivity index (χ0v) is 31.1. The van der Waals surface area contributed by atoms with Crippen LogP contribution in [0.4, 0.5) is 13.2 Å². The first kappa shape index (κ1) is 40.0. The maximum Gasteiger partial charge on any atom is 0.391 e. The summed E-state index contributed by atoms with van der Waals surface area (Å²) in [5.74, 6) is -1.96. The van der Waals surface area contributed by atoms with Crippen LogP contribution >= 0.6 is 11.6 Å². The average Bonchev–Trinajstić information content (AvgIpc) is 3.54. The minimum atomic E-state index is -4.32. The maximum atomic E-state index is 14.6. The van der Waals surface area contributed by atoms with Crippen LogP contribution in [-0.2, 0) is 14.4 Å². The number of piperazine rings is 2. The second-order valence-corrected chi connectivity index (χ2v) is 16.0. The number of hydrogen-bond acceptors (Lipinski definition) is 13. The zero-order valence-electron chi connectivity index (χ0n) is 30.3. The number of fused-ring (bicyclic) bond motifs is 1. The molecule has 0 spiro atoms. The first-order valence-corrected chi connectivity index (χ1v) is 19.4. The summed E-state index contributed by atoms with van der Waals surface area (Å²) in [4.78, 5) is 47.6. The van der Waals surface area contributed by atoms with E-state index in [-0.39, 0.29) is 67.7 Å². The molecule has 15 nitrogen and oxygen atoms in total. The molecule has 1 aliphatic carbocycles. The molecule has 12 atom stereocenters. The molecule has 0 bridgehead atoms. The third-order valence-corrected chi connectivity index (χ3v) is 12.5. The fourth-order valence-electron chi connectivity index (χ4n) is 8.97. The number of amides is 2. The molecule has 19 heteroatoms. The second-order valence-electron chi connectivity index (χ2n) is 15.4. The van der Waals surface area contributed by atoms with E-state index in [0.29, 0.717) is 52.4 Å². The maximum absolute atomic E-state index is 14.6. The van der Waals surface area contributed by atoms with Crippen LogP contribution in [0.1, 0.15) is 46.0 Å². The van der Waals surface area contributed by atoms with Crippen molar-refractivity contribution in [2.45, 2.75) is 118 Å². The summed E-state index contributed by atoms with van der Waals surface area (Å²) in [6, 6.07) is -3.11. The van der Waals surface area contributed by atoms with Gasteiger partial charge in [-0.15, -0.1) is 11.6 Å². The Morgan fingerprint density at radius 3 is 2.46 bits per heavy atom. The lowest BCUT2D eigenvalue weighted by atomic mass is 9.84. The molecular weight excluding hydrogens is 707 g/mol. The van der Waals surface area contributed by atoms with Crippen LogP contribution in [0.3, 0.4) is 0 Å². The van der Waals surface area contributed by atoms with Crippen LogP contribution in [0.5, 0.6) is 0 Å². The molecule has 0 aromatic heterocycles. The highest BCUT2D eigenvalue weighted by atomic mass is 35.5. The SMILES string of the molecule is CCC1C(N2CCN(C(=O)C3NCNC(C)C3O)CC2)C(=O)C2NC(CNC3CCN(C)N3)CNC2N1CC(=O)NC1CCC(C(F)(F)F)CC1Cl. The van der Waals surface area contributed by atoms with E-state index in [9.17, 15) is 32.7 Å². The third kappa shape index (κ3) is 8.88. The number of Topliss-reactive ketones (excluding diaryl/α,β-unsaturated/α-hetero) is 1. The number of aliphatic hydroxyl groups excluding tert-OH is 1. The van der Waals surface area contributed by atoms with Gasteiger partial charge in [0.05, 0.1) is 48.4 Å². The summed E-state index contributed by atoms with van der Waals surface area (Å²) in [6.45, 7) is 7.96. The summed E-state index contributed by atoms with van der Waals surface area (Å²) >= 11 is 6.42. The van der Waals surface area contributed by atoms with Crippen molar-refractivity contribution in [1.82, 2.24) is 57.0 Å². The molecule has 52 heavy (non-hydrogen) atoms. The first-order valence-electron chi connectivity index (χ1n) is 18.9. The number of alkyl halides is 4. The summed E-state index contributed by atoms with van der Waals surface area (Å²) in [5, 5.41) is 31.7. The van der Waals surface area contributed by atoms with E-state index in [4.69, 9.17) is 11.6 Å². The highest BCUT2D eigenvalue weighted by molar-refractivity contribution is 6.21. The molecule has 1 saturated carbocycles. The lowest BCUT2D eigenvalue weighted by Gasteiger charge is -2.55. The molecule has 8 N–H and O–H groups in total. The topological polar surface area (TPSA) is 169 Å². The van der Waals surface area contributed by atoms with Gasteiger partial charge in [-0.2, -0.15) is 13.2 Å². The number of carbonyl (C=O) groups excluding carboxylic acids is 3. The van der Waals surface area contributed by atoms with Gasteiger partial charge in [-0.3, -0.25) is 50.8 Å². The molecule has 0 radical (unpaired) electrons. The number of halogens is 4. The Bertz CT molecular complexity index is 1270. The average molecular weight is 764 g/mol. The molecule has 2 amide bonds. The Balaban J connectivity index is 1.15. The number of hydrazine groups is 1. The minimum absolute atomic E-state index is 0.0276. The molecule has 0 aromatic rings. The first-order chi connectivity index (χ1) is 24.7. The van der Waals surface area contributed by atoms with Crippen molar-refractivity contribution in [3.63, 3.8) is 0 Å². The van der Waals surface area contributed by atoms with Crippen molar-refractivity contribution in [3.05, 3.63) is 0 Å². The minimum Gasteiger partial charge on any atom is -0.389 e. The Labute approximate surface area is 308 Å². The molecule has 5 heterocycles. The third-order valence-electron chi connectivity index (χ3n) is 12.0. The van der Waals surface area contributed by atoms with Crippen LogP contribution in [-0.4, -0.2) is 181 Å². The Morgan fingerprint density at radius 2 is 1.81 bits per heavy atom. The van der Waals surface area contributed by atoms with Crippen molar-refractivity contribution in [2.75, 3.05) is 66.1 Å². The van der Waals surface area contributed by atoms with E-state index in [1.54, 1.807) is 4.90 Å². The van der Waals surface area contributed by atoms with E-state index in [1.165, 1.54) is 0 Å². The van der Waals surface area contributed by atoms with E-state index < -0.39 is 53.9 Å². The number of piperidine rings is 1. The lowest BCUT2D eigenvalue weighted by molar-refractivity contribution is -0.182. The van der Waals surface area contributed by atoms with Crippen LogP contribution in [0.15, 0.2) is 0 Å². The number of nitrogens with zero attached hydrogens (tertiary/aromatic N) is 4. The van der Waals surface area contributed by atoms with Crippen LogP contribution in [0.2, 0.25) is 0 Å². The summed E-state index contributed by atoms with van der Waals surface area (Å²) in [5.41, 5.74) is 3.37. The number of aliphatic hydroxyl groups is 1. The molecule has 6 rings (SSSR count). The molecule has 5 saturated heterocycles. The quantitative estimate of drug-likeness (QED) is 0.121. The Kier molecular flexibility index (Phi) is 13.0. The zero-order chi connectivity index (χ0) is 37.3. The predicted octanol–water partition coefficient (Wildman–Crippen LogP) is -2.10. The normalized spacial score (nSPS) is 40.1. The van der Waals surface area contributed by atoms with Crippen molar-refractivity contribution in [1.29, 1.82) is 0 Å². The Morgan fingerprint density at radius 1 is 1.06 bits per heavy atom. The van der Waals surface area contributed by atoms with Gasteiger partial charge in [0.2, 0.25) is 11.8 Å². The molecular formula is C33H57ClF3N11O4. The van der Waals surface area contributed by atoms with E-state index >= 15 is 0 Å². The Hall–Kier alpha value is -1.71. The fraction of sp³-hybridized carbons (Fsp3) is 0.909. The van der Waals surface area contributed by atoms with Gasteiger partial charge in [0.1, 0.15) is 6.04 Å². The summed E-state index contributed by atoms with van der Waals surface area (Å²) in [7, 11) is 1.99. The smallest absolute Gasteiger partial charge is 0.389 e. The van der Waals surface area contributed by atoms with Gasteiger partial charge in [0.15, 0.2) is 5.78 Å². The molecule has 6 aliphatic rings. The van der Waals surface area contributed by atoms with Crippen molar-refractivity contribution < 1.29 is 32.7 Å². The molecule has 0 aromatic carbocycles. The summed E-state index contributed by atoms with van der Waals surface area (Å²) in [6.07, 6.45) is -4.21. The standard InChI is InChI=1S/C33H57ClF3N11O4/c1-4-23-28(46-9-11-47(12-10-46)32(52)27-29(50)18(2)40-17-41-27)30(51)26-31(39-15-20(42-26)14-38-24-7-8-45(3)44-24)48(23)16-25(49)43-22-6-5-19(13-21(22)34)33(35,36)37/h18-24,26-29,31,38-42,44,50H,4-17H2,1-3H3,(H,43,49). The van der Waals surface area contributed by atoms with Crippen molar-refractivity contribution >= 4 is 29.2 Å². The van der Waals surface area contributed by atoms with Crippen molar-refractivity contribution in [2.24, 2.45) is 5.92 Å². The molecule has 296 valence electrons. The number of likely N-dealkylation sites (tertiary alicyclic amines) is 1. The number of rotatable bonds is 9. The van der Waals surface area contributed by atoms with E-state index in [0.717, 1.165) is 13.0 Å². The van der Waals surface area contributed by atoms with Crippen LogP contribution in [0.25, 0.3) is 0 Å². The number of carbonyl (C=O) groups is 3. The number of hydrogen-bond donors (Lipinski definition) is 8. The van der Waals surface area contributed by atoms with E-state index in [1.807, 2.05) is 30.8 Å².